The first-order valence-electron chi connectivity index (χ1n) is 5.92. The smallest absolute Gasteiger partial charge is 0.234 e. The first-order chi connectivity index (χ1) is 9.10. The second-order valence-electron chi connectivity index (χ2n) is 5.08. The number of alkyl halides is 3. The highest BCUT2D eigenvalue weighted by Crippen LogP contribution is 2.22. The summed E-state index contributed by atoms with van der Waals surface area (Å²) in [6, 6.07) is 8.55. The first kappa shape index (κ1) is 16.6. The molecule has 1 rings (SSSR count). The van der Waals surface area contributed by atoms with Crippen molar-refractivity contribution in [2.24, 2.45) is 4.40 Å². The second-order valence-corrected chi connectivity index (χ2v) is 6.99. The summed E-state index contributed by atoms with van der Waals surface area (Å²) >= 11 is 0. The Morgan fingerprint density at radius 3 is 2.15 bits per heavy atom. The van der Waals surface area contributed by atoms with E-state index >= 15 is 0 Å². The third kappa shape index (κ3) is 5.28. The van der Waals surface area contributed by atoms with E-state index in [4.69, 9.17) is 0 Å². The highest BCUT2D eigenvalue weighted by molar-refractivity contribution is 7.85. The van der Waals surface area contributed by atoms with Crippen LogP contribution in [0.25, 0.3) is 6.08 Å². The van der Waals surface area contributed by atoms with Crippen LogP contribution in [0.5, 0.6) is 0 Å². The lowest BCUT2D eigenvalue weighted by atomic mass is 10.2. The van der Waals surface area contributed by atoms with Crippen molar-refractivity contribution in [1.29, 1.82) is 0 Å². The molecule has 0 heterocycles. The van der Waals surface area contributed by atoms with E-state index in [1.165, 1.54) is 6.08 Å². The Morgan fingerprint density at radius 2 is 1.70 bits per heavy atom. The van der Waals surface area contributed by atoms with Gasteiger partial charge in [-0.1, -0.05) is 36.4 Å². The lowest BCUT2D eigenvalue weighted by molar-refractivity contribution is -0.0574. The number of benzene rings is 1. The highest BCUT2D eigenvalue weighted by Gasteiger charge is 2.35. The zero-order valence-corrected chi connectivity index (χ0v) is 12.3. The molecule has 2 nitrogen and oxygen atoms in total. The van der Waals surface area contributed by atoms with Gasteiger partial charge in [-0.2, -0.15) is 17.6 Å². The van der Waals surface area contributed by atoms with Gasteiger partial charge in [0, 0.05) is 0 Å². The van der Waals surface area contributed by atoms with Crippen LogP contribution in [0.15, 0.2) is 40.8 Å². The van der Waals surface area contributed by atoms with Gasteiger partial charge >= 0.3 is 6.18 Å². The van der Waals surface area contributed by atoms with E-state index in [0.717, 1.165) is 6.08 Å². The van der Waals surface area contributed by atoms with Crippen molar-refractivity contribution in [3.05, 3.63) is 42.0 Å². The maximum Gasteiger partial charge on any atom is 0.434 e. The Kier molecular flexibility index (Phi) is 5.28. The number of nitrogens with zero attached hydrogens (tertiary/aromatic N) is 1. The molecule has 0 aromatic heterocycles. The third-order valence-corrected chi connectivity index (χ3v) is 3.64. The van der Waals surface area contributed by atoms with Crippen LogP contribution in [0.4, 0.5) is 13.2 Å². The Bertz CT molecular complexity index is 528. The molecule has 0 N–H and O–H groups in total. The van der Waals surface area contributed by atoms with Crippen molar-refractivity contribution in [1.82, 2.24) is 0 Å². The predicted octanol–water partition coefficient (Wildman–Crippen LogP) is 4.17. The fourth-order valence-corrected chi connectivity index (χ4v) is 1.76. The molecule has 110 valence electrons. The fraction of sp³-hybridized carbons (Fsp3) is 0.357. The van der Waals surface area contributed by atoms with Crippen LogP contribution in [0.3, 0.4) is 0 Å². The topological polar surface area (TPSA) is 29.4 Å². The average molecular weight is 303 g/mol. The molecule has 20 heavy (non-hydrogen) atoms. The summed E-state index contributed by atoms with van der Waals surface area (Å²) in [5.41, 5.74) is -0.527. The molecule has 1 unspecified atom stereocenters. The van der Waals surface area contributed by atoms with Crippen LogP contribution in [0.1, 0.15) is 26.3 Å². The van der Waals surface area contributed by atoms with Crippen LogP contribution in [0.2, 0.25) is 0 Å². The van der Waals surface area contributed by atoms with E-state index < -0.39 is 27.6 Å². The standard InChI is InChI=1S/C14H16F3NOS/c1-13(2,3)20(19)18-12(14(15,16)17)10-9-11-7-5-4-6-8-11/h4-10H,1-3H3/b10-9+,18-12-. The van der Waals surface area contributed by atoms with Crippen molar-refractivity contribution in [2.75, 3.05) is 0 Å². The van der Waals surface area contributed by atoms with Crippen LogP contribution in [-0.4, -0.2) is 20.8 Å². The Labute approximate surface area is 119 Å². The van der Waals surface area contributed by atoms with E-state index in [2.05, 4.69) is 4.40 Å². The number of halogens is 3. The van der Waals surface area contributed by atoms with Gasteiger partial charge in [-0.05, 0) is 32.4 Å². The molecule has 0 amide bonds. The minimum Gasteiger partial charge on any atom is -0.234 e. The maximum atomic E-state index is 12.9. The summed E-state index contributed by atoms with van der Waals surface area (Å²) in [5.74, 6) is 0. The van der Waals surface area contributed by atoms with Crippen molar-refractivity contribution >= 4 is 22.8 Å². The molecule has 6 heteroatoms. The average Bonchev–Trinajstić information content (AvgIpc) is 2.32. The van der Waals surface area contributed by atoms with Crippen molar-refractivity contribution in [3.63, 3.8) is 0 Å². The van der Waals surface area contributed by atoms with Gasteiger partial charge in [0.1, 0.15) is 11.0 Å². The molecular formula is C14H16F3NOS. The minimum atomic E-state index is -4.63. The fourth-order valence-electron chi connectivity index (χ4n) is 1.14. The zero-order valence-electron chi connectivity index (χ0n) is 11.4. The lowest BCUT2D eigenvalue weighted by Crippen LogP contribution is -2.26. The summed E-state index contributed by atoms with van der Waals surface area (Å²) in [7, 11) is -1.96. The predicted molar refractivity (Wildman–Crippen MR) is 76.9 cm³/mol. The van der Waals surface area contributed by atoms with Crippen molar-refractivity contribution in [3.8, 4) is 0 Å². The molecule has 0 aliphatic rings. The van der Waals surface area contributed by atoms with E-state index in [1.54, 1.807) is 51.1 Å². The van der Waals surface area contributed by atoms with Gasteiger partial charge in [-0.3, -0.25) is 0 Å². The highest BCUT2D eigenvalue weighted by atomic mass is 32.2. The lowest BCUT2D eigenvalue weighted by Gasteiger charge is -2.15. The van der Waals surface area contributed by atoms with E-state index in [-0.39, 0.29) is 0 Å². The maximum absolute atomic E-state index is 12.9. The van der Waals surface area contributed by atoms with Crippen LogP contribution in [-0.2, 0) is 11.0 Å². The van der Waals surface area contributed by atoms with E-state index in [9.17, 15) is 17.4 Å². The molecule has 0 aliphatic heterocycles. The molecule has 0 spiro atoms. The van der Waals surface area contributed by atoms with Gasteiger partial charge in [-0.25, -0.2) is 4.21 Å². The number of allylic oxidation sites excluding steroid dienone is 1. The summed E-state index contributed by atoms with van der Waals surface area (Å²) in [5, 5.41) is 0. The molecule has 1 atom stereocenters. The largest absolute Gasteiger partial charge is 0.434 e. The van der Waals surface area contributed by atoms with Crippen LogP contribution < -0.4 is 0 Å². The monoisotopic (exact) mass is 303 g/mol. The normalized spacial score (nSPS) is 15.6. The minimum absolute atomic E-state index is 0.617. The first-order valence-corrected chi connectivity index (χ1v) is 7.02. The third-order valence-electron chi connectivity index (χ3n) is 2.23. The van der Waals surface area contributed by atoms with E-state index in [1.807, 2.05) is 0 Å². The summed E-state index contributed by atoms with van der Waals surface area (Å²) in [6.07, 6.45) is -2.49. The molecule has 0 bridgehead atoms. The van der Waals surface area contributed by atoms with Crippen LogP contribution >= 0.6 is 0 Å². The summed E-state index contributed by atoms with van der Waals surface area (Å²) in [4.78, 5) is 0. The molecular weight excluding hydrogens is 287 g/mol. The van der Waals surface area contributed by atoms with Gasteiger partial charge in [0.05, 0.1) is 4.75 Å². The SMILES string of the molecule is CC(C)(C)S(=O)/N=C(/C=C/c1ccccc1)C(F)(F)F. The number of hydrogen-bond donors (Lipinski definition) is 0. The quantitative estimate of drug-likeness (QED) is 0.771. The zero-order chi connectivity index (χ0) is 15.4. The van der Waals surface area contributed by atoms with Gasteiger partial charge < -0.3 is 0 Å². The Morgan fingerprint density at radius 1 is 1.15 bits per heavy atom. The Hall–Kier alpha value is -1.43. The second kappa shape index (κ2) is 6.35. The molecule has 1 aromatic carbocycles. The molecule has 0 saturated carbocycles. The molecule has 1 aromatic rings. The van der Waals surface area contributed by atoms with Crippen molar-refractivity contribution < 1.29 is 17.4 Å². The Balaban J connectivity index is 3.07. The van der Waals surface area contributed by atoms with Gasteiger partial charge in [0.15, 0.2) is 5.71 Å². The molecule has 0 fully saturated rings. The summed E-state index contributed by atoms with van der Waals surface area (Å²) < 4.78 is 52.8. The molecule has 0 radical (unpaired) electrons. The number of hydrogen-bond acceptors (Lipinski definition) is 1. The summed E-state index contributed by atoms with van der Waals surface area (Å²) in [6.45, 7) is 4.71. The van der Waals surface area contributed by atoms with E-state index in [0.29, 0.717) is 5.56 Å². The van der Waals surface area contributed by atoms with Gasteiger partial charge in [-0.15, -0.1) is 0 Å². The van der Waals surface area contributed by atoms with Crippen LogP contribution in [0, 0.1) is 0 Å². The molecule has 0 saturated heterocycles. The van der Waals surface area contributed by atoms with Gasteiger partial charge in [0.2, 0.25) is 0 Å². The number of rotatable bonds is 3. The van der Waals surface area contributed by atoms with Gasteiger partial charge in [0.25, 0.3) is 0 Å². The molecule has 0 aliphatic carbocycles. The van der Waals surface area contributed by atoms with Crippen molar-refractivity contribution in [2.45, 2.75) is 31.7 Å².